The summed E-state index contributed by atoms with van der Waals surface area (Å²) in [6.07, 6.45) is 10.5. The van der Waals surface area contributed by atoms with Crippen LogP contribution in [0.15, 0.2) is 11.4 Å². The lowest BCUT2D eigenvalue weighted by atomic mass is 10.1. The van der Waals surface area contributed by atoms with Crippen molar-refractivity contribution in [2.24, 2.45) is 5.73 Å². The summed E-state index contributed by atoms with van der Waals surface area (Å²) in [7, 11) is 0. The lowest BCUT2D eigenvalue weighted by molar-refractivity contribution is 0.340. The Hall–Kier alpha value is -0.0000000000000000555. The minimum Gasteiger partial charge on any atom is -0.323 e. The molecule has 0 radical (unpaired) electrons. The second kappa shape index (κ2) is 8.32. The fraction of sp³-hybridized carbons (Fsp3) is 0.857. The van der Waals surface area contributed by atoms with Crippen LogP contribution in [0.4, 0.5) is 0 Å². The highest BCUT2D eigenvalue weighted by Gasteiger charge is 2.36. The molecule has 1 aliphatic heterocycles. The van der Waals surface area contributed by atoms with E-state index in [9.17, 15) is 0 Å². The zero-order valence-electron chi connectivity index (χ0n) is 13.0. The van der Waals surface area contributed by atoms with E-state index >= 15 is 0 Å². The summed E-state index contributed by atoms with van der Waals surface area (Å²) in [6, 6.07) is 0.170. The van der Waals surface area contributed by atoms with Crippen LogP contribution in [0, 0.1) is 0 Å². The molecule has 1 heterocycles. The van der Waals surface area contributed by atoms with E-state index in [2.05, 4.69) is 41.9 Å². The first-order valence-electron chi connectivity index (χ1n) is 7.27. The number of allylic oxidation sites excluding steroid dienone is 1. The number of nitrogens with zero attached hydrogens (tertiary/aromatic N) is 2. The molecule has 3 nitrogen and oxygen atoms in total. The van der Waals surface area contributed by atoms with E-state index in [4.69, 9.17) is 5.73 Å². The summed E-state index contributed by atoms with van der Waals surface area (Å²) in [6.45, 7) is 6.73. The van der Waals surface area contributed by atoms with Crippen molar-refractivity contribution in [1.29, 1.82) is 0 Å². The Labute approximate surface area is 127 Å². The van der Waals surface area contributed by atoms with Gasteiger partial charge in [0.2, 0.25) is 0 Å². The highest BCUT2D eigenvalue weighted by Crippen LogP contribution is 2.41. The molecule has 19 heavy (non-hydrogen) atoms. The molecule has 0 saturated carbocycles. The van der Waals surface area contributed by atoms with Crippen LogP contribution in [-0.2, 0) is 0 Å². The summed E-state index contributed by atoms with van der Waals surface area (Å²) in [5, 5.41) is 0. The summed E-state index contributed by atoms with van der Waals surface area (Å²) < 4.78 is 4.85. The lowest BCUT2D eigenvalue weighted by Gasteiger charge is -2.29. The first kappa shape index (κ1) is 17.1. The molecule has 2 N–H and O–H groups in total. The Bertz CT molecular complexity index is 307. The van der Waals surface area contributed by atoms with Crippen LogP contribution in [0.5, 0.6) is 0 Å². The van der Waals surface area contributed by atoms with Crippen LogP contribution in [0.25, 0.3) is 0 Å². The van der Waals surface area contributed by atoms with Gasteiger partial charge in [0.1, 0.15) is 6.17 Å². The largest absolute Gasteiger partial charge is 0.323 e. The fourth-order valence-corrected chi connectivity index (χ4v) is 4.38. The molecule has 0 aromatic rings. The number of hydrogen-bond acceptors (Lipinski definition) is 5. The van der Waals surface area contributed by atoms with E-state index in [-0.39, 0.29) is 6.04 Å². The zero-order valence-corrected chi connectivity index (χ0v) is 14.6. The number of rotatable bonds is 8. The molecule has 0 amide bonds. The third-order valence-electron chi connectivity index (χ3n) is 3.59. The van der Waals surface area contributed by atoms with Crippen LogP contribution in [-0.4, -0.2) is 33.3 Å². The number of nitrogens with two attached hydrogens (primary N) is 1. The van der Waals surface area contributed by atoms with E-state index in [0.29, 0.717) is 6.17 Å². The zero-order chi connectivity index (χ0) is 14.4. The summed E-state index contributed by atoms with van der Waals surface area (Å²) in [4.78, 5) is 0. The quantitative estimate of drug-likeness (QED) is 0.684. The molecule has 2 atom stereocenters. The monoisotopic (exact) mass is 303 g/mol. The van der Waals surface area contributed by atoms with E-state index in [1.807, 2.05) is 11.9 Å². The molecule has 5 heteroatoms. The van der Waals surface area contributed by atoms with Gasteiger partial charge in [0, 0.05) is 24.3 Å². The molecule has 0 aromatic heterocycles. The minimum absolute atomic E-state index is 0.170. The third kappa shape index (κ3) is 3.76. The van der Waals surface area contributed by atoms with Crippen molar-refractivity contribution in [3.05, 3.63) is 11.4 Å². The topological polar surface area (TPSA) is 32.5 Å². The molecule has 0 aromatic carbocycles. The lowest BCUT2D eigenvalue weighted by Crippen LogP contribution is -2.34. The average molecular weight is 304 g/mol. The predicted octanol–water partition coefficient (Wildman–Crippen LogP) is 4.04. The summed E-state index contributed by atoms with van der Waals surface area (Å²) in [5.74, 6) is 0. The summed E-state index contributed by atoms with van der Waals surface area (Å²) in [5.41, 5.74) is 9.27. The Morgan fingerprint density at radius 2 is 1.79 bits per heavy atom. The molecule has 1 aliphatic rings. The van der Waals surface area contributed by atoms with Crippen LogP contribution in [0.1, 0.15) is 52.9 Å². The second-order valence-electron chi connectivity index (χ2n) is 4.98. The van der Waals surface area contributed by atoms with Crippen LogP contribution in [0.2, 0.25) is 0 Å². The molecule has 0 saturated heterocycles. The van der Waals surface area contributed by atoms with E-state index in [0.717, 1.165) is 19.3 Å². The summed E-state index contributed by atoms with van der Waals surface area (Å²) >= 11 is 3.62. The van der Waals surface area contributed by atoms with Crippen molar-refractivity contribution in [3.63, 3.8) is 0 Å². The van der Waals surface area contributed by atoms with Gasteiger partial charge in [-0.2, -0.15) is 0 Å². The van der Waals surface area contributed by atoms with Gasteiger partial charge in [-0.3, -0.25) is 8.61 Å². The SMILES string of the molecule is CCCCC1=C(C(N)CCC)N(SC)C(C)N1SC. The molecule has 1 rings (SSSR count). The van der Waals surface area contributed by atoms with Crippen molar-refractivity contribution in [1.82, 2.24) is 8.61 Å². The average Bonchev–Trinajstić information content (AvgIpc) is 2.68. The standard InChI is InChI=1S/C14H29N3S2/c1-6-8-10-13-14(12(15)9-7-2)17(19-5)11(3)16(13)18-4/h11-12H,6-10,15H2,1-5H3. The van der Waals surface area contributed by atoms with E-state index in [1.54, 1.807) is 11.9 Å². The number of unbranched alkanes of at least 4 members (excludes halogenated alkanes) is 1. The molecule has 2 unspecified atom stereocenters. The number of hydrogen-bond donors (Lipinski definition) is 1. The predicted molar refractivity (Wildman–Crippen MR) is 89.6 cm³/mol. The first-order chi connectivity index (χ1) is 9.12. The van der Waals surface area contributed by atoms with E-state index in [1.165, 1.54) is 24.2 Å². The van der Waals surface area contributed by atoms with Gasteiger partial charge in [-0.05, 0) is 26.2 Å². The Kier molecular flexibility index (Phi) is 7.47. The molecule has 0 fully saturated rings. The molecule has 0 aliphatic carbocycles. The van der Waals surface area contributed by atoms with Crippen LogP contribution < -0.4 is 5.73 Å². The Morgan fingerprint density at radius 3 is 2.26 bits per heavy atom. The van der Waals surface area contributed by atoms with E-state index < -0.39 is 0 Å². The molecule has 0 bridgehead atoms. The van der Waals surface area contributed by atoms with Gasteiger partial charge in [-0.15, -0.1) is 0 Å². The Balaban J connectivity index is 3.06. The maximum Gasteiger partial charge on any atom is 0.119 e. The van der Waals surface area contributed by atoms with Gasteiger partial charge in [-0.25, -0.2) is 0 Å². The van der Waals surface area contributed by atoms with Gasteiger partial charge in [0.25, 0.3) is 0 Å². The third-order valence-corrected chi connectivity index (χ3v) is 5.40. The van der Waals surface area contributed by atoms with Gasteiger partial charge < -0.3 is 5.73 Å². The first-order valence-corrected chi connectivity index (χ1v) is 9.63. The maximum atomic E-state index is 6.45. The maximum absolute atomic E-state index is 6.45. The van der Waals surface area contributed by atoms with Crippen molar-refractivity contribution in [2.45, 2.75) is 65.1 Å². The van der Waals surface area contributed by atoms with Gasteiger partial charge >= 0.3 is 0 Å². The van der Waals surface area contributed by atoms with Crippen molar-refractivity contribution in [2.75, 3.05) is 12.5 Å². The highest BCUT2D eigenvalue weighted by molar-refractivity contribution is 7.97. The normalized spacial score (nSPS) is 21.5. The molecule has 112 valence electrons. The minimum atomic E-state index is 0.170. The smallest absolute Gasteiger partial charge is 0.119 e. The molecular formula is C14H29N3S2. The fourth-order valence-electron chi connectivity index (χ4n) is 2.68. The van der Waals surface area contributed by atoms with Crippen molar-refractivity contribution >= 4 is 23.9 Å². The van der Waals surface area contributed by atoms with Crippen LogP contribution >= 0.6 is 23.9 Å². The Morgan fingerprint density at radius 1 is 1.16 bits per heavy atom. The molecule has 0 spiro atoms. The van der Waals surface area contributed by atoms with Gasteiger partial charge in [0.15, 0.2) is 0 Å². The van der Waals surface area contributed by atoms with Crippen LogP contribution in [0.3, 0.4) is 0 Å². The van der Waals surface area contributed by atoms with Crippen molar-refractivity contribution in [3.8, 4) is 0 Å². The van der Waals surface area contributed by atoms with Crippen molar-refractivity contribution < 1.29 is 0 Å². The highest BCUT2D eigenvalue weighted by atomic mass is 32.2. The second-order valence-corrected chi connectivity index (χ2v) is 6.50. The van der Waals surface area contributed by atoms with Gasteiger partial charge in [0.05, 0.1) is 5.70 Å². The van der Waals surface area contributed by atoms with Gasteiger partial charge in [-0.1, -0.05) is 50.6 Å². The molecular weight excluding hydrogens is 274 g/mol.